The Morgan fingerprint density at radius 2 is 2.13 bits per heavy atom. The maximum Gasteiger partial charge on any atom is 0.240 e. The van der Waals surface area contributed by atoms with E-state index >= 15 is 0 Å². The van der Waals surface area contributed by atoms with E-state index in [4.69, 9.17) is 5.26 Å². The van der Waals surface area contributed by atoms with Gasteiger partial charge < -0.3 is 5.32 Å². The van der Waals surface area contributed by atoms with E-state index in [1.54, 1.807) is 6.08 Å². The van der Waals surface area contributed by atoms with Crippen LogP contribution in [0.15, 0.2) is 12.7 Å². The van der Waals surface area contributed by atoms with Crippen molar-refractivity contribution in [2.45, 2.75) is 38.5 Å². The molecule has 0 unspecified atom stereocenters. The molecule has 1 N–H and O–H groups in total. The molecule has 3 nitrogen and oxygen atoms in total. The van der Waals surface area contributed by atoms with E-state index in [2.05, 4.69) is 18.0 Å². The highest BCUT2D eigenvalue weighted by Crippen LogP contribution is 2.35. The lowest BCUT2D eigenvalue weighted by molar-refractivity contribution is -0.129. The Labute approximate surface area is 91.2 Å². The molecule has 0 aromatic heterocycles. The molecule has 0 spiro atoms. The van der Waals surface area contributed by atoms with Gasteiger partial charge in [0.25, 0.3) is 0 Å². The molecule has 0 aromatic rings. The summed E-state index contributed by atoms with van der Waals surface area (Å²) in [6.45, 7) is 4.18. The number of carbonyl (C=O) groups excluding carboxylic acids is 1. The topological polar surface area (TPSA) is 52.9 Å². The van der Waals surface area contributed by atoms with Crippen LogP contribution in [0.1, 0.15) is 38.5 Å². The first kappa shape index (κ1) is 11.8. The highest BCUT2D eigenvalue weighted by Gasteiger charge is 2.39. The molecule has 0 saturated heterocycles. The smallest absolute Gasteiger partial charge is 0.240 e. The summed E-state index contributed by atoms with van der Waals surface area (Å²) in [7, 11) is 0. The third-order valence-corrected chi connectivity index (χ3v) is 2.99. The monoisotopic (exact) mass is 206 g/mol. The van der Waals surface area contributed by atoms with Gasteiger partial charge in [-0.25, -0.2) is 0 Å². The number of hydrogen-bond donors (Lipinski definition) is 1. The maximum absolute atomic E-state index is 11.9. The van der Waals surface area contributed by atoms with Gasteiger partial charge >= 0.3 is 0 Å². The highest BCUT2D eigenvalue weighted by atomic mass is 16.2. The van der Waals surface area contributed by atoms with Gasteiger partial charge in [0.1, 0.15) is 5.41 Å². The lowest BCUT2D eigenvalue weighted by atomic mass is 9.74. The van der Waals surface area contributed by atoms with Crippen LogP contribution < -0.4 is 5.32 Å². The molecule has 1 saturated carbocycles. The highest BCUT2D eigenvalue weighted by molar-refractivity contribution is 5.85. The first-order valence-corrected chi connectivity index (χ1v) is 5.55. The molecular weight excluding hydrogens is 188 g/mol. The van der Waals surface area contributed by atoms with Gasteiger partial charge in [-0.05, 0) is 19.3 Å². The molecule has 1 aliphatic rings. The van der Waals surface area contributed by atoms with Crippen molar-refractivity contribution in [1.82, 2.24) is 5.32 Å². The molecule has 1 rings (SSSR count). The normalized spacial score (nSPS) is 18.9. The number of carbonyl (C=O) groups is 1. The fourth-order valence-corrected chi connectivity index (χ4v) is 2.00. The molecule has 0 bridgehead atoms. The second-order valence-electron chi connectivity index (χ2n) is 4.09. The average molecular weight is 206 g/mol. The van der Waals surface area contributed by atoms with Crippen LogP contribution in [0.25, 0.3) is 0 Å². The van der Waals surface area contributed by atoms with Crippen molar-refractivity contribution in [2.75, 3.05) is 6.54 Å². The van der Waals surface area contributed by atoms with Gasteiger partial charge in [-0.15, -0.1) is 6.58 Å². The first-order chi connectivity index (χ1) is 7.25. The quantitative estimate of drug-likeness (QED) is 0.566. The van der Waals surface area contributed by atoms with E-state index in [9.17, 15) is 4.79 Å². The molecule has 1 fully saturated rings. The summed E-state index contributed by atoms with van der Waals surface area (Å²) in [6.07, 6.45) is 7.06. The van der Waals surface area contributed by atoms with Crippen molar-refractivity contribution in [2.24, 2.45) is 5.41 Å². The zero-order valence-corrected chi connectivity index (χ0v) is 9.09. The van der Waals surface area contributed by atoms with Crippen LogP contribution in [0.2, 0.25) is 0 Å². The van der Waals surface area contributed by atoms with E-state index in [-0.39, 0.29) is 5.91 Å². The molecule has 1 aliphatic carbocycles. The van der Waals surface area contributed by atoms with E-state index in [0.717, 1.165) is 25.7 Å². The van der Waals surface area contributed by atoms with Crippen LogP contribution in [0, 0.1) is 16.7 Å². The zero-order valence-electron chi connectivity index (χ0n) is 9.09. The van der Waals surface area contributed by atoms with E-state index in [0.29, 0.717) is 19.4 Å². The van der Waals surface area contributed by atoms with Gasteiger partial charge in [0.2, 0.25) is 5.91 Å². The Kier molecular flexibility index (Phi) is 4.36. The second-order valence-corrected chi connectivity index (χ2v) is 4.09. The van der Waals surface area contributed by atoms with Gasteiger partial charge in [-0.1, -0.05) is 25.3 Å². The Morgan fingerprint density at radius 1 is 1.47 bits per heavy atom. The predicted molar refractivity (Wildman–Crippen MR) is 59.0 cm³/mol. The lowest BCUT2D eigenvalue weighted by Crippen LogP contribution is -2.41. The minimum Gasteiger partial charge on any atom is -0.354 e. The molecule has 15 heavy (non-hydrogen) atoms. The molecule has 1 amide bonds. The molecule has 0 aromatic carbocycles. The van der Waals surface area contributed by atoms with Gasteiger partial charge in [0.05, 0.1) is 6.07 Å². The van der Waals surface area contributed by atoms with Gasteiger partial charge in [-0.3, -0.25) is 4.79 Å². The number of rotatable bonds is 4. The number of nitriles is 1. The standard InChI is InChI=1S/C12H18N2O/c1-2-3-9-14-11(15)12(10-13)7-5-4-6-8-12/h2H,1,3-9H2,(H,14,15). The number of amides is 1. The molecule has 0 aliphatic heterocycles. The van der Waals surface area contributed by atoms with Crippen LogP contribution in [0.4, 0.5) is 0 Å². The summed E-state index contributed by atoms with van der Waals surface area (Å²) in [5.41, 5.74) is -0.751. The van der Waals surface area contributed by atoms with Crippen LogP contribution in [0.5, 0.6) is 0 Å². The first-order valence-electron chi connectivity index (χ1n) is 5.55. The minimum atomic E-state index is -0.751. The van der Waals surface area contributed by atoms with E-state index in [1.165, 1.54) is 0 Å². The summed E-state index contributed by atoms with van der Waals surface area (Å²) >= 11 is 0. The third kappa shape index (κ3) is 2.82. The predicted octanol–water partition coefficient (Wildman–Crippen LogP) is 2.15. The molecule has 0 radical (unpaired) electrons. The Hall–Kier alpha value is -1.30. The number of nitrogens with zero attached hydrogens (tertiary/aromatic N) is 1. The SMILES string of the molecule is C=CCCNC(=O)C1(C#N)CCCCC1. The van der Waals surface area contributed by atoms with Crippen molar-refractivity contribution in [3.05, 3.63) is 12.7 Å². The van der Waals surface area contributed by atoms with E-state index < -0.39 is 5.41 Å². The van der Waals surface area contributed by atoms with Crippen LogP contribution >= 0.6 is 0 Å². The van der Waals surface area contributed by atoms with Crippen LogP contribution in [-0.4, -0.2) is 12.5 Å². The van der Waals surface area contributed by atoms with Crippen molar-refractivity contribution < 1.29 is 4.79 Å². The summed E-state index contributed by atoms with van der Waals surface area (Å²) in [4.78, 5) is 11.9. The van der Waals surface area contributed by atoms with Gasteiger partial charge in [0.15, 0.2) is 0 Å². The fourth-order valence-electron chi connectivity index (χ4n) is 2.00. The Morgan fingerprint density at radius 3 is 2.67 bits per heavy atom. The Balaban J connectivity index is 2.53. The number of nitrogens with one attached hydrogen (secondary N) is 1. The van der Waals surface area contributed by atoms with Gasteiger partial charge in [0, 0.05) is 6.54 Å². The molecule has 82 valence electrons. The van der Waals surface area contributed by atoms with Gasteiger partial charge in [-0.2, -0.15) is 5.26 Å². The van der Waals surface area contributed by atoms with Crippen LogP contribution in [0.3, 0.4) is 0 Å². The summed E-state index contributed by atoms with van der Waals surface area (Å²) in [5, 5.41) is 11.9. The molecule has 3 heteroatoms. The van der Waals surface area contributed by atoms with Crippen molar-refractivity contribution in [3.8, 4) is 6.07 Å². The summed E-state index contributed by atoms with van der Waals surface area (Å²) in [5.74, 6) is -0.0912. The van der Waals surface area contributed by atoms with Crippen molar-refractivity contribution in [1.29, 1.82) is 5.26 Å². The summed E-state index contributed by atoms with van der Waals surface area (Å²) < 4.78 is 0. The molecular formula is C12H18N2O. The average Bonchev–Trinajstić information content (AvgIpc) is 2.30. The van der Waals surface area contributed by atoms with Crippen molar-refractivity contribution in [3.63, 3.8) is 0 Å². The Bertz CT molecular complexity index is 272. The fraction of sp³-hybridized carbons (Fsp3) is 0.667. The molecule has 0 heterocycles. The second kappa shape index (κ2) is 5.55. The third-order valence-electron chi connectivity index (χ3n) is 2.99. The lowest BCUT2D eigenvalue weighted by Gasteiger charge is -2.29. The molecule has 0 atom stereocenters. The van der Waals surface area contributed by atoms with Crippen molar-refractivity contribution >= 4 is 5.91 Å². The minimum absolute atomic E-state index is 0.0912. The van der Waals surface area contributed by atoms with E-state index in [1.807, 2.05) is 0 Å². The maximum atomic E-state index is 11.9. The summed E-state index contributed by atoms with van der Waals surface area (Å²) in [6, 6.07) is 2.21. The largest absolute Gasteiger partial charge is 0.354 e. The zero-order chi connectivity index (χ0) is 11.1. The number of hydrogen-bond acceptors (Lipinski definition) is 2. The van der Waals surface area contributed by atoms with Crippen LogP contribution in [-0.2, 0) is 4.79 Å².